The van der Waals surface area contributed by atoms with Crippen LogP contribution in [0, 0.1) is 30.1 Å². The van der Waals surface area contributed by atoms with Gasteiger partial charge in [0.2, 0.25) is 0 Å². The van der Waals surface area contributed by atoms with Crippen molar-refractivity contribution in [3.05, 3.63) is 71.3 Å². The number of likely N-dealkylation sites (tertiary alicyclic amines) is 2. The van der Waals surface area contributed by atoms with E-state index in [1.165, 1.54) is 69.2 Å². The number of benzene rings is 2. The van der Waals surface area contributed by atoms with Gasteiger partial charge in [-0.05, 0) is 86.2 Å². The van der Waals surface area contributed by atoms with Gasteiger partial charge in [0.25, 0.3) is 0 Å². The van der Waals surface area contributed by atoms with Gasteiger partial charge in [0.15, 0.2) is 0 Å². The van der Waals surface area contributed by atoms with Crippen LogP contribution in [0.15, 0.2) is 54.6 Å². The van der Waals surface area contributed by atoms with Crippen LogP contribution in [0.1, 0.15) is 74.0 Å². The summed E-state index contributed by atoms with van der Waals surface area (Å²) in [6.45, 7) is 5.19. The molecule has 1 aliphatic carbocycles. The zero-order valence-electron chi connectivity index (χ0n) is 22.8. The average Bonchev–Trinajstić information content (AvgIpc) is 3.32. The van der Waals surface area contributed by atoms with Crippen LogP contribution in [-0.2, 0) is 11.2 Å². The number of nitrogens with zero attached hydrogens (tertiary/aromatic N) is 2. The molecule has 202 valence electrons. The van der Waals surface area contributed by atoms with Crippen molar-refractivity contribution in [2.45, 2.75) is 69.7 Å². The maximum Gasteiger partial charge on any atom is 0.320 e. The van der Waals surface area contributed by atoms with E-state index in [2.05, 4.69) is 64.3 Å². The Hall–Kier alpha value is -2.61. The number of aryl methyl sites for hydroxylation is 1. The first kappa shape index (κ1) is 27.0. The van der Waals surface area contributed by atoms with E-state index >= 15 is 0 Å². The number of carbonyl (C=O) groups is 1. The Morgan fingerprint density at radius 1 is 1.00 bits per heavy atom. The van der Waals surface area contributed by atoms with E-state index in [1.807, 2.05) is 6.07 Å². The molecule has 1 saturated carbocycles. The minimum Gasteiger partial charge on any atom is -0.480 e. The molecule has 0 amide bonds. The topological polar surface area (TPSA) is 43.8 Å². The van der Waals surface area contributed by atoms with Crippen molar-refractivity contribution in [2.24, 2.45) is 17.8 Å². The van der Waals surface area contributed by atoms with Gasteiger partial charge < -0.3 is 10.0 Å². The Bertz CT molecular complexity index is 1080. The van der Waals surface area contributed by atoms with Crippen LogP contribution in [-0.4, -0.2) is 59.6 Å². The molecule has 2 saturated heterocycles. The van der Waals surface area contributed by atoms with E-state index in [9.17, 15) is 9.90 Å². The van der Waals surface area contributed by atoms with Gasteiger partial charge in [-0.2, -0.15) is 0 Å². The average molecular weight is 513 g/mol. The summed E-state index contributed by atoms with van der Waals surface area (Å²) in [5.41, 5.74) is 3.71. The molecule has 38 heavy (non-hydrogen) atoms. The smallest absolute Gasteiger partial charge is 0.320 e. The minimum absolute atomic E-state index is 0.330. The lowest BCUT2D eigenvalue weighted by Gasteiger charge is -2.35. The molecule has 0 bridgehead atoms. The highest BCUT2D eigenvalue weighted by atomic mass is 16.4. The largest absolute Gasteiger partial charge is 0.480 e. The molecule has 2 heterocycles. The van der Waals surface area contributed by atoms with Gasteiger partial charge in [0.05, 0.1) is 0 Å². The first-order valence-electron chi connectivity index (χ1n) is 14.9. The van der Waals surface area contributed by atoms with Gasteiger partial charge in [-0.3, -0.25) is 9.69 Å². The predicted molar refractivity (Wildman–Crippen MR) is 154 cm³/mol. The molecule has 2 aromatic rings. The predicted octanol–water partition coefficient (Wildman–Crippen LogP) is 6.06. The van der Waals surface area contributed by atoms with E-state index in [0.717, 1.165) is 44.0 Å². The van der Waals surface area contributed by atoms with Crippen LogP contribution in [0.25, 0.3) is 0 Å². The lowest BCUT2D eigenvalue weighted by molar-refractivity contribution is -0.144. The Kier molecular flexibility index (Phi) is 9.20. The van der Waals surface area contributed by atoms with Gasteiger partial charge in [-0.25, -0.2) is 0 Å². The number of rotatable bonds is 11. The van der Waals surface area contributed by atoms with Crippen LogP contribution >= 0.6 is 0 Å². The van der Waals surface area contributed by atoms with Crippen molar-refractivity contribution in [1.82, 2.24) is 9.80 Å². The third-order valence-electron chi connectivity index (χ3n) is 9.58. The highest BCUT2D eigenvalue weighted by molar-refractivity contribution is 5.73. The van der Waals surface area contributed by atoms with Gasteiger partial charge in [0.1, 0.15) is 6.04 Å². The van der Waals surface area contributed by atoms with Crippen LogP contribution in [0.4, 0.5) is 0 Å². The second-order valence-corrected chi connectivity index (χ2v) is 12.1. The summed E-state index contributed by atoms with van der Waals surface area (Å²) in [5, 5.41) is 10.1. The fraction of sp³-hybridized carbons (Fsp3) is 0.559. The number of terminal acetylenes is 1. The number of piperidine rings is 1. The van der Waals surface area contributed by atoms with Gasteiger partial charge >= 0.3 is 5.97 Å². The maximum atomic E-state index is 12.3. The number of aliphatic carboxylic acids is 1. The summed E-state index contributed by atoms with van der Waals surface area (Å²) in [6, 6.07) is 18.9. The zero-order valence-corrected chi connectivity index (χ0v) is 22.8. The molecule has 4 heteroatoms. The van der Waals surface area contributed by atoms with Crippen molar-refractivity contribution in [3.63, 3.8) is 0 Å². The van der Waals surface area contributed by atoms with Gasteiger partial charge in [-0.1, -0.05) is 74.1 Å². The van der Waals surface area contributed by atoms with Gasteiger partial charge in [-0.15, -0.1) is 6.42 Å². The Labute approximate surface area is 229 Å². The lowest BCUT2D eigenvalue weighted by atomic mass is 9.80. The van der Waals surface area contributed by atoms with Gasteiger partial charge in [0, 0.05) is 31.1 Å². The van der Waals surface area contributed by atoms with Crippen LogP contribution in [0.5, 0.6) is 0 Å². The number of carboxylic acid groups (broad SMARTS) is 1. The van der Waals surface area contributed by atoms with Crippen LogP contribution < -0.4 is 0 Å². The molecule has 5 rings (SSSR count). The lowest BCUT2D eigenvalue weighted by Crippen LogP contribution is -2.43. The highest BCUT2D eigenvalue weighted by Gasteiger charge is 2.41. The maximum absolute atomic E-state index is 12.3. The van der Waals surface area contributed by atoms with Crippen molar-refractivity contribution >= 4 is 5.97 Å². The summed E-state index contributed by atoms with van der Waals surface area (Å²) in [7, 11) is 0. The normalized spacial score (nSPS) is 24.1. The standard InChI is InChI=1S/C34H44N2O2/c1-2-26-9-6-11-28(21-26)12-7-10-27-17-19-35(20-18-27)23-31-24-36(25-32(31)30-15-4-3-5-16-30)33(34(37)38)22-29-13-8-14-29/h1,3-6,9,11,15-16,21,27,29,31-33H,7-8,10,12-14,17-20,22-25H2,(H,37,38)/t31-,32+,33+/m0/s1. The molecule has 3 fully saturated rings. The quantitative estimate of drug-likeness (QED) is 0.372. The SMILES string of the molecule is C#Cc1cccc(CCCC2CCN(C[C@H]3CN([C@H](CC4CCC4)C(=O)O)C[C@@H]3c3ccccc3)CC2)c1. The van der Waals surface area contributed by atoms with Crippen molar-refractivity contribution in [1.29, 1.82) is 0 Å². The van der Waals surface area contributed by atoms with E-state index in [-0.39, 0.29) is 6.04 Å². The molecule has 0 spiro atoms. The molecule has 3 atom stereocenters. The summed E-state index contributed by atoms with van der Waals surface area (Å²) >= 11 is 0. The summed E-state index contributed by atoms with van der Waals surface area (Å²) in [5.74, 6) is 4.43. The number of hydrogen-bond donors (Lipinski definition) is 1. The third-order valence-corrected chi connectivity index (χ3v) is 9.58. The first-order valence-corrected chi connectivity index (χ1v) is 14.9. The molecular weight excluding hydrogens is 468 g/mol. The summed E-state index contributed by atoms with van der Waals surface area (Å²) in [6.07, 6.45) is 16.2. The van der Waals surface area contributed by atoms with Crippen LogP contribution in [0.3, 0.4) is 0 Å². The molecule has 0 unspecified atom stereocenters. The Morgan fingerprint density at radius 3 is 2.47 bits per heavy atom. The van der Waals surface area contributed by atoms with E-state index in [1.54, 1.807) is 0 Å². The Balaban J connectivity index is 1.14. The molecule has 0 radical (unpaired) electrons. The van der Waals surface area contributed by atoms with E-state index < -0.39 is 5.97 Å². The number of carboxylic acids is 1. The van der Waals surface area contributed by atoms with Crippen molar-refractivity contribution in [2.75, 3.05) is 32.7 Å². The second kappa shape index (κ2) is 13.0. The van der Waals surface area contributed by atoms with E-state index in [0.29, 0.717) is 17.8 Å². The summed E-state index contributed by atoms with van der Waals surface area (Å²) < 4.78 is 0. The molecule has 2 aromatic carbocycles. The van der Waals surface area contributed by atoms with Crippen molar-refractivity contribution in [3.8, 4) is 12.3 Å². The molecular formula is C34H44N2O2. The monoisotopic (exact) mass is 512 g/mol. The molecule has 4 nitrogen and oxygen atoms in total. The molecule has 2 aliphatic heterocycles. The summed E-state index contributed by atoms with van der Waals surface area (Å²) in [4.78, 5) is 17.3. The fourth-order valence-electron chi connectivity index (χ4n) is 7.07. The second-order valence-electron chi connectivity index (χ2n) is 12.1. The first-order chi connectivity index (χ1) is 18.6. The van der Waals surface area contributed by atoms with E-state index in [4.69, 9.17) is 6.42 Å². The molecule has 1 N–H and O–H groups in total. The highest BCUT2D eigenvalue weighted by Crippen LogP contribution is 2.38. The van der Waals surface area contributed by atoms with Crippen molar-refractivity contribution < 1.29 is 9.90 Å². The molecule has 3 aliphatic rings. The third kappa shape index (κ3) is 6.87. The minimum atomic E-state index is -0.629. The molecule has 0 aromatic heterocycles. The fourth-order valence-corrected chi connectivity index (χ4v) is 7.07. The Morgan fingerprint density at radius 2 is 1.79 bits per heavy atom. The zero-order chi connectivity index (χ0) is 26.3. The number of hydrogen-bond acceptors (Lipinski definition) is 3. The van der Waals surface area contributed by atoms with Crippen LogP contribution in [0.2, 0.25) is 0 Å².